The summed E-state index contributed by atoms with van der Waals surface area (Å²) in [4.78, 5) is 17.6. The number of piperidine rings is 1. The van der Waals surface area contributed by atoms with Crippen LogP contribution in [0, 0.1) is 12.8 Å². The van der Waals surface area contributed by atoms with Crippen molar-refractivity contribution in [3.8, 4) is 0 Å². The number of aryl methyl sites for hydroxylation is 1. The van der Waals surface area contributed by atoms with Crippen LogP contribution >= 0.6 is 0 Å². The van der Waals surface area contributed by atoms with Crippen LogP contribution in [0.5, 0.6) is 0 Å². The predicted molar refractivity (Wildman–Crippen MR) is 96.0 cm³/mol. The van der Waals surface area contributed by atoms with Crippen molar-refractivity contribution in [3.05, 3.63) is 35.4 Å². The summed E-state index contributed by atoms with van der Waals surface area (Å²) in [6, 6.07) is 8.73. The minimum atomic E-state index is 0.278. The monoisotopic (exact) mass is 330 g/mol. The first-order valence-electron chi connectivity index (χ1n) is 9.23. The third kappa shape index (κ3) is 4.58. The van der Waals surface area contributed by atoms with Crippen molar-refractivity contribution < 1.29 is 9.53 Å². The minimum Gasteiger partial charge on any atom is -0.381 e. The quantitative estimate of drug-likeness (QED) is 0.831. The summed E-state index contributed by atoms with van der Waals surface area (Å²) in [5.74, 6) is 0.784. The number of amides is 1. The summed E-state index contributed by atoms with van der Waals surface area (Å²) in [6.45, 7) is 6.76. The molecule has 0 aromatic heterocycles. The Hall–Kier alpha value is -1.39. The van der Waals surface area contributed by atoms with Crippen LogP contribution < -0.4 is 0 Å². The minimum absolute atomic E-state index is 0.278. The van der Waals surface area contributed by atoms with Crippen LogP contribution in [0.2, 0.25) is 0 Å². The van der Waals surface area contributed by atoms with E-state index in [-0.39, 0.29) is 5.91 Å². The van der Waals surface area contributed by atoms with E-state index in [1.807, 2.05) is 0 Å². The second kappa shape index (κ2) is 8.13. The first kappa shape index (κ1) is 17.4. The van der Waals surface area contributed by atoms with Crippen LogP contribution in [-0.2, 0) is 16.0 Å². The largest absolute Gasteiger partial charge is 0.381 e. The van der Waals surface area contributed by atoms with E-state index in [4.69, 9.17) is 4.74 Å². The van der Waals surface area contributed by atoms with Crippen molar-refractivity contribution >= 4 is 5.91 Å². The zero-order valence-electron chi connectivity index (χ0n) is 15.0. The van der Waals surface area contributed by atoms with Gasteiger partial charge in [-0.2, -0.15) is 0 Å². The van der Waals surface area contributed by atoms with Gasteiger partial charge in [0.1, 0.15) is 0 Å². The van der Waals surface area contributed by atoms with Gasteiger partial charge in [-0.25, -0.2) is 0 Å². The average molecular weight is 330 g/mol. The number of benzene rings is 1. The molecule has 0 N–H and O–H groups in total. The van der Waals surface area contributed by atoms with Crippen LogP contribution in [0.1, 0.15) is 30.4 Å². The van der Waals surface area contributed by atoms with Gasteiger partial charge in [0.15, 0.2) is 0 Å². The normalized spacial score (nSPS) is 22.7. The highest BCUT2D eigenvalue weighted by molar-refractivity contribution is 5.79. The molecule has 0 spiro atoms. The lowest BCUT2D eigenvalue weighted by atomic mass is 9.99. The van der Waals surface area contributed by atoms with Crippen molar-refractivity contribution in [2.45, 2.75) is 38.6 Å². The Kier molecular flexibility index (Phi) is 5.90. The van der Waals surface area contributed by atoms with E-state index < -0.39 is 0 Å². The van der Waals surface area contributed by atoms with Gasteiger partial charge < -0.3 is 14.5 Å². The number of rotatable bonds is 5. The van der Waals surface area contributed by atoms with Gasteiger partial charge in [0, 0.05) is 25.1 Å². The summed E-state index contributed by atoms with van der Waals surface area (Å²) < 4.78 is 5.53. The van der Waals surface area contributed by atoms with E-state index in [0.29, 0.717) is 18.4 Å². The number of carbonyl (C=O) groups excluding carboxylic acids is 1. The number of hydrogen-bond donors (Lipinski definition) is 0. The van der Waals surface area contributed by atoms with Gasteiger partial charge in [-0.3, -0.25) is 4.79 Å². The molecule has 3 rings (SSSR count). The zero-order valence-corrected chi connectivity index (χ0v) is 15.0. The number of carbonyl (C=O) groups is 1. The second-order valence-corrected chi connectivity index (χ2v) is 7.47. The highest BCUT2D eigenvalue weighted by Gasteiger charge is 2.30. The summed E-state index contributed by atoms with van der Waals surface area (Å²) >= 11 is 0. The fraction of sp³-hybridized carbons (Fsp3) is 0.650. The molecule has 2 fully saturated rings. The molecule has 1 amide bonds. The standard InChI is InChI=1S/C20H30N2O2/c1-16-3-5-17(6-4-16)13-20(23)22(14-18-9-12-24-15-18)19-7-10-21(2)11-8-19/h3-6,18-19H,7-15H2,1-2H3. The Balaban J connectivity index is 1.67. The first-order valence-corrected chi connectivity index (χ1v) is 9.23. The van der Waals surface area contributed by atoms with Crippen molar-refractivity contribution in [1.82, 2.24) is 9.80 Å². The molecule has 24 heavy (non-hydrogen) atoms. The van der Waals surface area contributed by atoms with Crippen LogP contribution in [0.15, 0.2) is 24.3 Å². The van der Waals surface area contributed by atoms with Gasteiger partial charge in [0.05, 0.1) is 13.0 Å². The molecule has 0 radical (unpaired) electrons. The van der Waals surface area contributed by atoms with E-state index in [9.17, 15) is 4.79 Å². The number of hydrogen-bond acceptors (Lipinski definition) is 3. The molecule has 0 aliphatic carbocycles. The van der Waals surface area contributed by atoms with Gasteiger partial charge >= 0.3 is 0 Å². The van der Waals surface area contributed by atoms with Crippen LogP contribution in [0.25, 0.3) is 0 Å². The Morgan fingerprint density at radius 3 is 2.54 bits per heavy atom. The van der Waals surface area contributed by atoms with E-state index >= 15 is 0 Å². The molecule has 2 aliphatic heterocycles. The molecule has 1 unspecified atom stereocenters. The highest BCUT2D eigenvalue weighted by atomic mass is 16.5. The summed E-state index contributed by atoms with van der Waals surface area (Å²) in [6.07, 6.45) is 3.77. The van der Waals surface area contributed by atoms with Gasteiger partial charge in [-0.15, -0.1) is 0 Å². The molecule has 4 heteroatoms. The zero-order chi connectivity index (χ0) is 16.9. The molecule has 132 valence electrons. The van der Waals surface area contributed by atoms with E-state index in [1.165, 1.54) is 5.56 Å². The molecule has 4 nitrogen and oxygen atoms in total. The molecule has 1 atom stereocenters. The van der Waals surface area contributed by atoms with Crippen LogP contribution in [0.4, 0.5) is 0 Å². The second-order valence-electron chi connectivity index (χ2n) is 7.47. The maximum absolute atomic E-state index is 13.0. The lowest BCUT2D eigenvalue weighted by molar-refractivity contribution is -0.134. The summed E-state index contributed by atoms with van der Waals surface area (Å²) in [7, 11) is 2.17. The van der Waals surface area contributed by atoms with Crippen LogP contribution in [0.3, 0.4) is 0 Å². The molecule has 2 saturated heterocycles. The Bertz CT molecular complexity index is 529. The Labute approximate surface area is 145 Å². The summed E-state index contributed by atoms with van der Waals surface area (Å²) in [5.41, 5.74) is 2.35. The van der Waals surface area contributed by atoms with Crippen molar-refractivity contribution in [1.29, 1.82) is 0 Å². The molecule has 1 aromatic rings. The third-order valence-corrected chi connectivity index (χ3v) is 5.40. The van der Waals surface area contributed by atoms with Crippen molar-refractivity contribution in [2.24, 2.45) is 5.92 Å². The molecule has 0 saturated carbocycles. The van der Waals surface area contributed by atoms with E-state index in [2.05, 4.69) is 48.0 Å². The fourth-order valence-corrected chi connectivity index (χ4v) is 3.75. The highest BCUT2D eigenvalue weighted by Crippen LogP contribution is 2.22. The molecule has 2 aliphatic rings. The molecule has 0 bridgehead atoms. The summed E-state index contributed by atoms with van der Waals surface area (Å²) in [5, 5.41) is 0. The smallest absolute Gasteiger partial charge is 0.227 e. The molecular weight excluding hydrogens is 300 g/mol. The number of ether oxygens (including phenoxy) is 1. The first-order chi connectivity index (χ1) is 11.6. The molecule has 2 heterocycles. The van der Waals surface area contributed by atoms with Gasteiger partial charge in [-0.1, -0.05) is 29.8 Å². The molecule has 1 aromatic carbocycles. The predicted octanol–water partition coefficient (Wildman–Crippen LogP) is 2.50. The van der Waals surface area contributed by atoms with Gasteiger partial charge in [0.25, 0.3) is 0 Å². The Morgan fingerprint density at radius 2 is 1.92 bits per heavy atom. The maximum atomic E-state index is 13.0. The maximum Gasteiger partial charge on any atom is 0.227 e. The number of likely N-dealkylation sites (tertiary alicyclic amines) is 1. The van der Waals surface area contributed by atoms with E-state index in [1.54, 1.807) is 0 Å². The lowest BCUT2D eigenvalue weighted by Crippen LogP contribution is -2.49. The van der Waals surface area contributed by atoms with Gasteiger partial charge in [-0.05, 0) is 51.9 Å². The topological polar surface area (TPSA) is 32.8 Å². The fourth-order valence-electron chi connectivity index (χ4n) is 3.75. The third-order valence-electron chi connectivity index (χ3n) is 5.40. The van der Waals surface area contributed by atoms with Crippen molar-refractivity contribution in [2.75, 3.05) is 39.9 Å². The van der Waals surface area contributed by atoms with Gasteiger partial charge in [0.2, 0.25) is 5.91 Å². The lowest BCUT2D eigenvalue weighted by Gasteiger charge is -2.38. The van der Waals surface area contributed by atoms with Crippen LogP contribution in [-0.4, -0.2) is 61.6 Å². The van der Waals surface area contributed by atoms with E-state index in [0.717, 1.165) is 57.7 Å². The Morgan fingerprint density at radius 1 is 1.21 bits per heavy atom. The average Bonchev–Trinajstić information content (AvgIpc) is 3.09. The van der Waals surface area contributed by atoms with Crippen molar-refractivity contribution in [3.63, 3.8) is 0 Å². The number of nitrogens with zero attached hydrogens (tertiary/aromatic N) is 2. The molecular formula is C20H30N2O2. The SMILES string of the molecule is Cc1ccc(CC(=O)N(CC2CCOC2)C2CCN(C)CC2)cc1.